The van der Waals surface area contributed by atoms with Gasteiger partial charge in [-0.3, -0.25) is 4.79 Å². The van der Waals surface area contributed by atoms with Crippen LogP contribution in [0.15, 0.2) is 46.7 Å². The lowest BCUT2D eigenvalue weighted by atomic mass is 9.97. The second-order valence-electron chi connectivity index (χ2n) is 8.68. The van der Waals surface area contributed by atoms with Gasteiger partial charge >= 0.3 is 0 Å². The van der Waals surface area contributed by atoms with E-state index in [2.05, 4.69) is 10.3 Å². The van der Waals surface area contributed by atoms with Crippen LogP contribution >= 0.6 is 11.3 Å². The van der Waals surface area contributed by atoms with Gasteiger partial charge in [0.05, 0.1) is 17.7 Å². The number of carbonyl (C=O) groups is 1. The molecule has 1 aliphatic rings. The fourth-order valence-electron chi connectivity index (χ4n) is 4.27. The Morgan fingerprint density at radius 1 is 1.09 bits per heavy atom. The molecule has 34 heavy (non-hydrogen) atoms. The Bertz CT molecular complexity index is 1310. The zero-order valence-corrected chi connectivity index (χ0v) is 21.4. The number of aryl methyl sites for hydroxylation is 3. The van der Waals surface area contributed by atoms with E-state index in [4.69, 9.17) is 4.74 Å². The van der Waals surface area contributed by atoms with E-state index in [1.54, 1.807) is 13.2 Å². The van der Waals surface area contributed by atoms with Gasteiger partial charge in [-0.1, -0.05) is 29.3 Å². The van der Waals surface area contributed by atoms with Crippen LogP contribution in [0.1, 0.15) is 29.5 Å². The molecule has 1 saturated heterocycles. The molecule has 7 nitrogen and oxygen atoms in total. The van der Waals surface area contributed by atoms with Crippen molar-refractivity contribution < 1.29 is 17.9 Å². The van der Waals surface area contributed by atoms with E-state index in [0.29, 0.717) is 36.0 Å². The molecule has 0 saturated carbocycles. The van der Waals surface area contributed by atoms with Gasteiger partial charge in [-0.25, -0.2) is 13.4 Å². The standard InChI is InChI=1S/C25H29N3O4S2/c1-16-6-8-23(18(3)13-16)34(30,31)28-11-9-19(10-12-28)24(29)27-25-26-21(15-33-25)20-14-17(2)5-7-22(20)32-4/h5-8,13-15,19H,9-12H2,1-4H3,(H,26,27,29). The fourth-order valence-corrected chi connectivity index (χ4v) is 6.66. The number of methoxy groups -OCH3 is 1. The molecule has 0 bridgehead atoms. The van der Waals surface area contributed by atoms with Gasteiger partial charge in [0.1, 0.15) is 5.75 Å². The van der Waals surface area contributed by atoms with Gasteiger partial charge in [0.15, 0.2) is 5.13 Å². The van der Waals surface area contributed by atoms with Crippen LogP contribution in [0.3, 0.4) is 0 Å². The van der Waals surface area contributed by atoms with E-state index >= 15 is 0 Å². The first-order valence-corrected chi connectivity index (χ1v) is 13.5. The van der Waals surface area contributed by atoms with Crippen molar-refractivity contribution >= 4 is 32.4 Å². The molecule has 0 spiro atoms. The third kappa shape index (κ3) is 5.01. The van der Waals surface area contributed by atoms with Crippen LogP contribution in [0.2, 0.25) is 0 Å². The molecule has 9 heteroatoms. The highest BCUT2D eigenvalue weighted by molar-refractivity contribution is 7.89. The van der Waals surface area contributed by atoms with E-state index in [1.807, 2.05) is 56.5 Å². The highest BCUT2D eigenvalue weighted by atomic mass is 32.2. The first kappa shape index (κ1) is 24.4. The Kier molecular flexibility index (Phi) is 7.06. The molecule has 1 aliphatic heterocycles. The predicted octanol–water partition coefficient (Wildman–Crippen LogP) is 4.78. The van der Waals surface area contributed by atoms with Crippen molar-refractivity contribution in [3.63, 3.8) is 0 Å². The number of hydrogen-bond acceptors (Lipinski definition) is 6. The number of aromatic nitrogens is 1. The Morgan fingerprint density at radius 2 is 1.76 bits per heavy atom. The minimum absolute atomic E-state index is 0.124. The number of thiazole rings is 1. The van der Waals surface area contributed by atoms with Crippen LogP contribution in [0.4, 0.5) is 5.13 Å². The molecule has 0 unspecified atom stereocenters. The summed E-state index contributed by atoms with van der Waals surface area (Å²) in [4.78, 5) is 17.8. The maximum absolute atomic E-state index is 13.1. The first-order valence-electron chi connectivity index (χ1n) is 11.2. The topological polar surface area (TPSA) is 88.6 Å². The molecular weight excluding hydrogens is 470 g/mol. The fraction of sp³-hybridized carbons (Fsp3) is 0.360. The van der Waals surface area contributed by atoms with E-state index in [0.717, 1.165) is 33.7 Å². The molecule has 180 valence electrons. The van der Waals surface area contributed by atoms with Crippen molar-refractivity contribution in [1.82, 2.24) is 9.29 Å². The predicted molar refractivity (Wildman–Crippen MR) is 135 cm³/mol. The number of benzene rings is 2. The Labute approximate surface area is 204 Å². The van der Waals surface area contributed by atoms with Crippen LogP contribution in [0, 0.1) is 26.7 Å². The van der Waals surface area contributed by atoms with Gasteiger partial charge in [-0.05, 0) is 57.4 Å². The minimum atomic E-state index is -3.58. The molecule has 1 aromatic heterocycles. The van der Waals surface area contributed by atoms with Crippen molar-refractivity contribution in [2.45, 2.75) is 38.5 Å². The molecule has 0 radical (unpaired) electrons. The number of anilines is 1. The maximum Gasteiger partial charge on any atom is 0.243 e. The van der Waals surface area contributed by atoms with E-state index in [1.165, 1.54) is 15.6 Å². The van der Waals surface area contributed by atoms with Crippen molar-refractivity contribution in [1.29, 1.82) is 0 Å². The van der Waals surface area contributed by atoms with Gasteiger partial charge in [0.2, 0.25) is 15.9 Å². The number of rotatable bonds is 6. The number of amides is 1. The van der Waals surface area contributed by atoms with Crippen molar-refractivity contribution in [2.75, 3.05) is 25.5 Å². The Balaban J connectivity index is 1.40. The molecule has 2 heterocycles. The zero-order chi connectivity index (χ0) is 24.5. The summed E-state index contributed by atoms with van der Waals surface area (Å²) in [5.74, 6) is 0.346. The molecule has 1 N–H and O–H groups in total. The van der Waals surface area contributed by atoms with Crippen LogP contribution in [-0.4, -0.2) is 43.8 Å². The molecule has 1 amide bonds. The van der Waals surface area contributed by atoms with Crippen molar-refractivity contribution in [3.8, 4) is 17.0 Å². The first-order chi connectivity index (χ1) is 16.2. The number of nitrogens with zero attached hydrogens (tertiary/aromatic N) is 2. The molecular formula is C25H29N3O4S2. The number of sulfonamides is 1. The van der Waals surface area contributed by atoms with E-state index in [-0.39, 0.29) is 11.8 Å². The molecule has 0 aliphatic carbocycles. The monoisotopic (exact) mass is 499 g/mol. The molecule has 3 aromatic rings. The third-order valence-electron chi connectivity index (χ3n) is 6.14. The highest BCUT2D eigenvalue weighted by Gasteiger charge is 2.33. The highest BCUT2D eigenvalue weighted by Crippen LogP contribution is 2.33. The summed E-state index contributed by atoms with van der Waals surface area (Å²) in [5.41, 5.74) is 4.49. The van der Waals surface area contributed by atoms with Crippen LogP contribution in [0.5, 0.6) is 5.75 Å². The van der Waals surface area contributed by atoms with E-state index < -0.39 is 10.0 Å². The maximum atomic E-state index is 13.1. The number of ether oxygens (including phenoxy) is 1. The SMILES string of the molecule is COc1ccc(C)cc1-c1csc(NC(=O)C2CCN(S(=O)(=O)c3ccc(C)cc3C)CC2)n1. The minimum Gasteiger partial charge on any atom is -0.496 e. The summed E-state index contributed by atoms with van der Waals surface area (Å²) >= 11 is 1.36. The Hall–Kier alpha value is -2.75. The average molecular weight is 500 g/mol. The molecule has 4 rings (SSSR count). The zero-order valence-electron chi connectivity index (χ0n) is 19.8. The normalized spacial score (nSPS) is 15.3. The van der Waals surface area contributed by atoms with Gasteiger partial charge in [0.25, 0.3) is 0 Å². The van der Waals surface area contributed by atoms with Crippen LogP contribution < -0.4 is 10.1 Å². The number of piperidine rings is 1. The second kappa shape index (κ2) is 9.85. The summed E-state index contributed by atoms with van der Waals surface area (Å²) < 4.78 is 33.1. The van der Waals surface area contributed by atoms with Crippen molar-refractivity contribution in [3.05, 3.63) is 58.5 Å². The summed E-state index contributed by atoms with van der Waals surface area (Å²) in [6.07, 6.45) is 0.944. The Morgan fingerprint density at radius 3 is 2.44 bits per heavy atom. The molecule has 0 atom stereocenters. The lowest BCUT2D eigenvalue weighted by Crippen LogP contribution is -2.41. The summed E-state index contributed by atoms with van der Waals surface area (Å²) in [5, 5.41) is 5.33. The average Bonchev–Trinajstić information content (AvgIpc) is 3.27. The third-order valence-corrected chi connectivity index (χ3v) is 8.95. The number of hydrogen-bond donors (Lipinski definition) is 1. The van der Waals surface area contributed by atoms with Crippen LogP contribution in [-0.2, 0) is 14.8 Å². The van der Waals surface area contributed by atoms with Crippen LogP contribution in [0.25, 0.3) is 11.3 Å². The number of nitrogens with one attached hydrogen (secondary N) is 1. The van der Waals surface area contributed by atoms with Crippen molar-refractivity contribution in [2.24, 2.45) is 5.92 Å². The van der Waals surface area contributed by atoms with Gasteiger partial charge in [-0.15, -0.1) is 11.3 Å². The van der Waals surface area contributed by atoms with Gasteiger partial charge in [-0.2, -0.15) is 4.31 Å². The summed E-state index contributed by atoms with van der Waals surface area (Å²) in [6.45, 7) is 6.39. The second-order valence-corrected chi connectivity index (χ2v) is 11.4. The smallest absolute Gasteiger partial charge is 0.243 e. The lowest BCUT2D eigenvalue weighted by Gasteiger charge is -2.30. The van der Waals surface area contributed by atoms with Gasteiger partial charge in [0, 0.05) is 30.0 Å². The number of carbonyl (C=O) groups excluding carboxylic acids is 1. The molecule has 2 aromatic carbocycles. The summed E-state index contributed by atoms with van der Waals surface area (Å²) in [7, 11) is -1.95. The quantitative estimate of drug-likeness (QED) is 0.527. The van der Waals surface area contributed by atoms with Gasteiger partial charge < -0.3 is 10.1 Å². The molecule has 1 fully saturated rings. The van der Waals surface area contributed by atoms with E-state index in [9.17, 15) is 13.2 Å². The lowest BCUT2D eigenvalue weighted by molar-refractivity contribution is -0.120. The summed E-state index contributed by atoms with van der Waals surface area (Å²) in [6, 6.07) is 11.2. The largest absolute Gasteiger partial charge is 0.496 e.